The molecule has 0 aliphatic carbocycles. The molecular weight excluding hydrogens is 394 g/mol. The number of ether oxygens (including phenoxy) is 2. The van der Waals surface area contributed by atoms with Gasteiger partial charge in [0.1, 0.15) is 0 Å². The maximum absolute atomic E-state index is 12.8. The number of carbonyl (C=O) groups is 1. The number of aromatic nitrogens is 1. The molecule has 0 spiro atoms. The van der Waals surface area contributed by atoms with Crippen LogP contribution in [-0.4, -0.2) is 63.7 Å². The van der Waals surface area contributed by atoms with E-state index in [0.29, 0.717) is 25.3 Å². The van der Waals surface area contributed by atoms with Crippen LogP contribution in [0.4, 0.5) is 0 Å². The third kappa shape index (κ3) is 5.83. The highest BCUT2D eigenvalue weighted by Gasteiger charge is 2.28. The smallest absolute Gasteiger partial charge is 0.253 e. The lowest BCUT2D eigenvalue weighted by Gasteiger charge is -2.17. The molecule has 2 aromatic rings. The Morgan fingerprint density at radius 3 is 2.93 bits per heavy atom. The zero-order valence-electron chi connectivity index (χ0n) is 16.3. The quantitative estimate of drug-likeness (QED) is 0.618. The summed E-state index contributed by atoms with van der Waals surface area (Å²) < 4.78 is 37.9. The maximum Gasteiger partial charge on any atom is 0.253 e. The molecule has 0 radical (unpaired) electrons. The van der Waals surface area contributed by atoms with Crippen molar-refractivity contribution in [3.63, 3.8) is 0 Å². The second-order valence-electron chi connectivity index (χ2n) is 6.75. The zero-order chi connectivity index (χ0) is 20.7. The van der Waals surface area contributed by atoms with E-state index in [2.05, 4.69) is 9.71 Å². The predicted molar refractivity (Wildman–Crippen MR) is 107 cm³/mol. The summed E-state index contributed by atoms with van der Waals surface area (Å²) in [5, 5.41) is 0. The monoisotopic (exact) mass is 419 g/mol. The fourth-order valence-electron chi connectivity index (χ4n) is 3.09. The Bertz CT molecular complexity index is 921. The Balaban J connectivity index is 1.59. The summed E-state index contributed by atoms with van der Waals surface area (Å²) in [4.78, 5) is 18.6. The van der Waals surface area contributed by atoms with Crippen molar-refractivity contribution in [2.24, 2.45) is 0 Å². The molecule has 3 rings (SSSR count). The average molecular weight is 420 g/mol. The summed E-state index contributed by atoms with van der Waals surface area (Å²) in [7, 11) is -2.20. The average Bonchev–Trinajstić information content (AvgIpc) is 3.22. The number of nitrogens with zero attached hydrogens (tertiary/aromatic N) is 2. The number of hydrogen-bond acceptors (Lipinski definition) is 6. The van der Waals surface area contributed by atoms with Crippen LogP contribution in [-0.2, 0) is 26.1 Å². The third-order valence-corrected chi connectivity index (χ3v) is 6.09. The minimum absolute atomic E-state index is 0.0539. The fourth-order valence-corrected chi connectivity index (χ4v) is 4.15. The van der Waals surface area contributed by atoms with E-state index >= 15 is 0 Å². The van der Waals surface area contributed by atoms with Crippen LogP contribution in [0.15, 0.2) is 53.7 Å². The summed E-state index contributed by atoms with van der Waals surface area (Å²) in [6.45, 7) is 1.92. The highest BCUT2D eigenvalue weighted by molar-refractivity contribution is 7.89. The van der Waals surface area contributed by atoms with E-state index in [-0.39, 0.29) is 30.1 Å². The van der Waals surface area contributed by atoms with Crippen molar-refractivity contribution >= 4 is 15.9 Å². The van der Waals surface area contributed by atoms with Gasteiger partial charge in [-0.05, 0) is 36.2 Å². The normalized spacial score (nSPS) is 16.9. The molecule has 8 nitrogen and oxygen atoms in total. The Labute approximate surface area is 170 Å². The van der Waals surface area contributed by atoms with Crippen LogP contribution in [0, 0.1) is 0 Å². The Morgan fingerprint density at radius 2 is 2.17 bits per heavy atom. The second-order valence-corrected chi connectivity index (χ2v) is 8.52. The molecule has 1 aromatic heterocycles. The van der Waals surface area contributed by atoms with E-state index in [9.17, 15) is 13.2 Å². The van der Waals surface area contributed by atoms with Crippen molar-refractivity contribution in [1.82, 2.24) is 14.6 Å². The SMILES string of the molecule is COCCNS(=O)(=O)c1cccc(C(=O)N2CC[C@H](OCc3cccnc3)C2)c1. The third-order valence-electron chi connectivity index (χ3n) is 4.63. The summed E-state index contributed by atoms with van der Waals surface area (Å²) in [5.41, 5.74) is 1.32. The lowest BCUT2D eigenvalue weighted by Crippen LogP contribution is -2.31. The van der Waals surface area contributed by atoms with Crippen molar-refractivity contribution in [1.29, 1.82) is 0 Å². The van der Waals surface area contributed by atoms with E-state index < -0.39 is 10.0 Å². The zero-order valence-corrected chi connectivity index (χ0v) is 17.1. The highest BCUT2D eigenvalue weighted by atomic mass is 32.2. The summed E-state index contributed by atoms with van der Waals surface area (Å²) in [5.74, 6) is -0.202. The molecular formula is C20H25N3O5S. The molecule has 1 fully saturated rings. The van der Waals surface area contributed by atoms with Crippen LogP contribution in [0.1, 0.15) is 22.3 Å². The van der Waals surface area contributed by atoms with Crippen LogP contribution >= 0.6 is 0 Å². The number of sulfonamides is 1. The molecule has 29 heavy (non-hydrogen) atoms. The number of methoxy groups -OCH3 is 1. The molecule has 1 saturated heterocycles. The van der Waals surface area contributed by atoms with Gasteiger partial charge in [0.05, 0.1) is 24.2 Å². The van der Waals surface area contributed by atoms with Gasteiger partial charge in [0.15, 0.2) is 0 Å². The number of pyridine rings is 1. The fraction of sp³-hybridized carbons (Fsp3) is 0.400. The van der Waals surface area contributed by atoms with E-state index in [0.717, 1.165) is 12.0 Å². The first-order valence-electron chi connectivity index (χ1n) is 9.38. The Kier molecular flexibility index (Phi) is 7.32. The van der Waals surface area contributed by atoms with Crippen LogP contribution in [0.2, 0.25) is 0 Å². The molecule has 1 atom stereocenters. The van der Waals surface area contributed by atoms with Gasteiger partial charge in [0.2, 0.25) is 10.0 Å². The van der Waals surface area contributed by atoms with E-state index in [4.69, 9.17) is 9.47 Å². The van der Waals surface area contributed by atoms with Crippen molar-refractivity contribution < 1.29 is 22.7 Å². The molecule has 2 heterocycles. The van der Waals surface area contributed by atoms with Crippen molar-refractivity contribution in [3.8, 4) is 0 Å². The second kappa shape index (κ2) is 9.93. The lowest BCUT2D eigenvalue weighted by atomic mass is 10.2. The summed E-state index contributed by atoms with van der Waals surface area (Å²) >= 11 is 0. The van der Waals surface area contributed by atoms with Crippen LogP contribution < -0.4 is 4.72 Å². The number of nitrogens with one attached hydrogen (secondary N) is 1. The van der Waals surface area contributed by atoms with Crippen molar-refractivity contribution in [2.75, 3.05) is 33.4 Å². The molecule has 0 unspecified atom stereocenters. The molecule has 0 saturated carbocycles. The van der Waals surface area contributed by atoms with Gasteiger partial charge in [-0.25, -0.2) is 13.1 Å². The van der Waals surface area contributed by atoms with Crippen LogP contribution in [0.25, 0.3) is 0 Å². The van der Waals surface area contributed by atoms with E-state index in [1.807, 2.05) is 12.1 Å². The topological polar surface area (TPSA) is 97.8 Å². The first-order valence-corrected chi connectivity index (χ1v) is 10.9. The van der Waals surface area contributed by atoms with Crippen LogP contribution in [0.3, 0.4) is 0 Å². The number of amides is 1. The standard InChI is InChI=1S/C20H25N3O5S/c1-27-11-9-22-29(25,26)19-6-2-5-17(12-19)20(24)23-10-7-18(14-23)28-15-16-4-3-8-21-13-16/h2-6,8,12-13,18,22H,7,9-11,14-15H2,1H3/t18-/m0/s1. The molecule has 1 amide bonds. The number of rotatable bonds is 9. The van der Waals surface area contributed by atoms with Crippen molar-refractivity contribution in [2.45, 2.75) is 24.0 Å². The minimum Gasteiger partial charge on any atom is -0.383 e. The van der Waals surface area contributed by atoms with Gasteiger partial charge < -0.3 is 14.4 Å². The first-order chi connectivity index (χ1) is 14.0. The van der Waals surface area contributed by atoms with E-state index in [1.165, 1.54) is 19.2 Å². The van der Waals surface area contributed by atoms with Gasteiger partial charge >= 0.3 is 0 Å². The molecule has 9 heteroatoms. The summed E-state index contributed by atoms with van der Waals surface area (Å²) in [6, 6.07) is 9.87. The largest absolute Gasteiger partial charge is 0.383 e. The molecule has 0 bridgehead atoms. The lowest BCUT2D eigenvalue weighted by molar-refractivity contribution is 0.0436. The van der Waals surface area contributed by atoms with Gasteiger partial charge in [-0.3, -0.25) is 9.78 Å². The molecule has 1 aliphatic heterocycles. The minimum atomic E-state index is -3.69. The molecule has 156 valence electrons. The predicted octanol–water partition coefficient (Wildman–Crippen LogP) is 1.44. The van der Waals surface area contributed by atoms with E-state index in [1.54, 1.807) is 29.4 Å². The van der Waals surface area contributed by atoms with Gasteiger partial charge in [0, 0.05) is 44.7 Å². The molecule has 1 aliphatic rings. The van der Waals surface area contributed by atoms with Crippen LogP contribution in [0.5, 0.6) is 0 Å². The van der Waals surface area contributed by atoms with Crippen molar-refractivity contribution in [3.05, 3.63) is 59.9 Å². The number of hydrogen-bond donors (Lipinski definition) is 1. The number of carbonyl (C=O) groups excluding carboxylic acids is 1. The number of benzene rings is 1. The summed E-state index contributed by atoms with van der Waals surface area (Å²) in [6.07, 6.45) is 4.15. The van der Waals surface area contributed by atoms with Gasteiger partial charge in [0.25, 0.3) is 5.91 Å². The molecule has 1 aromatic carbocycles. The Hall–Kier alpha value is -2.33. The first kappa shape index (κ1) is 21.4. The van der Waals surface area contributed by atoms with Gasteiger partial charge in [-0.15, -0.1) is 0 Å². The van der Waals surface area contributed by atoms with Gasteiger partial charge in [-0.1, -0.05) is 12.1 Å². The number of likely N-dealkylation sites (tertiary alicyclic amines) is 1. The molecule has 1 N–H and O–H groups in total. The maximum atomic E-state index is 12.8. The Morgan fingerprint density at radius 1 is 1.31 bits per heavy atom. The van der Waals surface area contributed by atoms with Gasteiger partial charge in [-0.2, -0.15) is 0 Å². The highest BCUT2D eigenvalue weighted by Crippen LogP contribution is 2.19.